The van der Waals surface area contributed by atoms with Gasteiger partial charge >= 0.3 is 17.9 Å². The lowest BCUT2D eigenvalue weighted by atomic mass is 10.0. The summed E-state index contributed by atoms with van der Waals surface area (Å²) in [5.74, 6) is 0.453. The van der Waals surface area contributed by atoms with Crippen molar-refractivity contribution in [3.05, 3.63) is 59.2 Å². The summed E-state index contributed by atoms with van der Waals surface area (Å²) in [6.07, 6.45) is 51.1. The molecule has 0 fully saturated rings. The van der Waals surface area contributed by atoms with Gasteiger partial charge in [-0.3, -0.25) is 4.79 Å². The van der Waals surface area contributed by atoms with E-state index < -0.39 is 17.9 Å². The first-order chi connectivity index (χ1) is 54.4. The van der Waals surface area contributed by atoms with Crippen LogP contribution in [0.15, 0.2) is 36.4 Å². The smallest absolute Gasteiger partial charge is 0.356 e. The molecule has 0 bridgehead atoms. The minimum absolute atomic E-state index is 0.0378. The first-order valence-corrected chi connectivity index (χ1v) is 44.8. The second-order valence-electron chi connectivity index (χ2n) is 31.2. The predicted octanol–water partition coefficient (Wildman–Crippen LogP) is 24.9. The van der Waals surface area contributed by atoms with Crippen LogP contribution in [0.1, 0.15) is 359 Å². The van der Waals surface area contributed by atoms with E-state index in [1.165, 1.54) is 186 Å². The number of carbonyl (C=O) groups excluding carboxylic acids is 1. The molecular formula is C91H136N4O15S. The molecule has 0 aliphatic carbocycles. The van der Waals surface area contributed by atoms with Crippen molar-refractivity contribution in [2.75, 3.05) is 52.9 Å². The van der Waals surface area contributed by atoms with Crippen LogP contribution in [0.5, 0.6) is 46.0 Å². The standard InChI is InChI=1S/C46H68N2O8.C45H68N2O7S/c1-3-5-7-9-11-13-15-17-19-21-29-47-37(41-43(39(47)45(49)50)55-33-23-31-53-41)35-25-27-36(28-26-35)38-42-44(56-34-24-32-54-42)40(46(51)52)48(38)30-22-20-18-16-14-12-10-8-6-4-2;1-4-6-8-10-12-14-16-18-20-22-28-46-37(34(3)48)41-42(52-31-24-30-51-41)38(46)35-26-27-36(55-35)39-43-44(54-33-25-32-53-43)40(45(49)50)47(39)29-23-21-19-17-15-13-11-9-7-5-2/h25-28H,3-24,29-34H2,1-2H3,(H,49,50)(H,51,52);26-27H,4-25,28-33H2,1-3H3,(H,49,50). The lowest BCUT2D eigenvalue weighted by Gasteiger charge is -2.15. The largest absolute Gasteiger partial charge is 0.487 e. The predicted molar refractivity (Wildman–Crippen MR) is 445 cm³/mol. The number of carboxylic acids is 3. The number of aromatic carboxylic acids is 3. The van der Waals surface area contributed by atoms with E-state index >= 15 is 0 Å². The average Bonchev–Trinajstić information content (AvgIpc) is 1.62. The Morgan fingerprint density at radius 1 is 0.279 bits per heavy atom. The van der Waals surface area contributed by atoms with Crippen LogP contribution in [0.4, 0.5) is 0 Å². The molecule has 9 heterocycles. The number of thiophene rings is 1. The summed E-state index contributed by atoms with van der Waals surface area (Å²) in [4.78, 5) is 53.6. The van der Waals surface area contributed by atoms with E-state index in [1.54, 1.807) is 18.3 Å². The zero-order valence-corrected chi connectivity index (χ0v) is 69.3. The molecule has 616 valence electrons. The molecule has 4 aliphatic rings. The van der Waals surface area contributed by atoms with Crippen LogP contribution in [-0.2, 0) is 26.2 Å². The van der Waals surface area contributed by atoms with Crippen molar-refractivity contribution >= 4 is 35.0 Å². The molecule has 0 atom stereocenters. The van der Waals surface area contributed by atoms with Crippen molar-refractivity contribution in [3.63, 3.8) is 0 Å². The fraction of sp³-hybridized carbons (Fsp3) is 0.670. The number of hydrogen-bond acceptors (Lipinski definition) is 13. The minimum atomic E-state index is -1.03. The number of aromatic nitrogens is 4. The number of fused-ring (bicyclic) bond motifs is 4. The Kier molecular flexibility index (Phi) is 38.3. The molecule has 0 saturated heterocycles. The van der Waals surface area contributed by atoms with Gasteiger partial charge in [0.2, 0.25) is 0 Å². The van der Waals surface area contributed by atoms with Gasteiger partial charge in [0, 0.05) is 69.9 Å². The van der Waals surface area contributed by atoms with Gasteiger partial charge in [0.15, 0.2) is 68.9 Å². The van der Waals surface area contributed by atoms with Gasteiger partial charge in [-0.1, -0.05) is 283 Å². The normalized spacial score (nSPS) is 13.8. The molecule has 0 amide bonds. The fourth-order valence-electron chi connectivity index (χ4n) is 16.3. The second-order valence-corrected chi connectivity index (χ2v) is 32.3. The molecule has 0 radical (unpaired) electrons. The molecular weight excluding hydrogens is 1420 g/mol. The first kappa shape index (κ1) is 87.5. The van der Waals surface area contributed by atoms with Crippen molar-refractivity contribution in [2.24, 2.45) is 0 Å². The van der Waals surface area contributed by atoms with E-state index in [1.807, 2.05) is 38.0 Å². The van der Waals surface area contributed by atoms with Crippen molar-refractivity contribution in [3.8, 4) is 89.7 Å². The number of hydrogen-bond donors (Lipinski definition) is 3. The highest BCUT2D eigenvalue weighted by molar-refractivity contribution is 7.18. The topological polar surface area (TPSA) is 223 Å². The van der Waals surface area contributed by atoms with E-state index in [-0.39, 0.29) is 22.9 Å². The monoisotopic (exact) mass is 1560 g/mol. The SMILES string of the molecule is CCCCCCCCCCCCn1c(C(=O)O)c2c(c1-c1ccc(-c3c4c(c(C(=O)O)n3CCCCCCCCCCCC)OCCCO4)cc1)OCCCO2.CCCCCCCCCCCCn1c(C(C)=O)c2c(c1-c1ccc(-c3c4c(c(C(=O)O)n3CCCCCCCCCCCC)OCCCO4)s1)OCCCO2. The number of ether oxygens (including phenoxy) is 8. The number of nitrogens with zero attached hydrogens (tertiary/aromatic N) is 4. The Hall–Kier alpha value is -7.48. The van der Waals surface area contributed by atoms with Gasteiger partial charge in [0.1, 0.15) is 17.1 Å². The highest BCUT2D eigenvalue weighted by atomic mass is 32.1. The van der Waals surface area contributed by atoms with Crippen molar-refractivity contribution < 1.29 is 72.4 Å². The Morgan fingerprint density at radius 2 is 0.477 bits per heavy atom. The number of carbonyl (C=O) groups is 4. The van der Waals surface area contributed by atoms with E-state index in [9.17, 15) is 34.5 Å². The zero-order valence-electron chi connectivity index (χ0n) is 68.5. The molecule has 19 nitrogen and oxygen atoms in total. The maximum Gasteiger partial charge on any atom is 0.356 e. The maximum atomic E-state index is 13.3. The molecule has 0 unspecified atom stereocenters. The quantitative estimate of drug-likeness (QED) is 0.0239. The van der Waals surface area contributed by atoms with Gasteiger partial charge < -0.3 is 71.5 Å². The summed E-state index contributed by atoms with van der Waals surface area (Å²) in [5, 5.41) is 31.5. The van der Waals surface area contributed by atoms with Gasteiger partial charge in [0.25, 0.3) is 0 Å². The van der Waals surface area contributed by atoms with Gasteiger partial charge in [-0.05, 0) is 37.8 Å². The number of Topliss-reactive ketones (excluding diaryl/α,β-unsaturated/α-hetero) is 1. The highest BCUT2D eigenvalue weighted by Crippen LogP contribution is 2.53. The summed E-state index contributed by atoms with van der Waals surface area (Å²) in [7, 11) is 0. The number of rotatable bonds is 52. The van der Waals surface area contributed by atoms with Gasteiger partial charge in [-0.15, -0.1) is 11.3 Å². The number of benzene rings is 1. The number of carboxylic acid groups (broad SMARTS) is 3. The van der Waals surface area contributed by atoms with Crippen LogP contribution >= 0.6 is 11.3 Å². The lowest BCUT2D eigenvalue weighted by Crippen LogP contribution is -2.13. The molecule has 4 aliphatic heterocycles. The molecule has 1 aromatic carbocycles. The Bertz CT molecular complexity index is 3540. The van der Waals surface area contributed by atoms with E-state index in [0.717, 1.165) is 109 Å². The molecule has 6 aromatic rings. The Balaban J connectivity index is 0.000000255. The Labute approximate surface area is 667 Å². The third kappa shape index (κ3) is 25.0. The molecule has 111 heavy (non-hydrogen) atoms. The van der Waals surface area contributed by atoms with Crippen LogP contribution in [0.3, 0.4) is 0 Å². The van der Waals surface area contributed by atoms with E-state index in [4.69, 9.17) is 37.9 Å². The minimum Gasteiger partial charge on any atom is -0.487 e. The van der Waals surface area contributed by atoms with Crippen molar-refractivity contribution in [2.45, 2.75) is 343 Å². The fourth-order valence-corrected chi connectivity index (χ4v) is 17.5. The summed E-state index contributed by atoms with van der Waals surface area (Å²) < 4.78 is 57.5. The summed E-state index contributed by atoms with van der Waals surface area (Å²) in [5.41, 5.74) is 5.63. The van der Waals surface area contributed by atoms with Crippen molar-refractivity contribution in [1.82, 2.24) is 18.3 Å². The lowest BCUT2D eigenvalue weighted by molar-refractivity contribution is 0.0669. The van der Waals surface area contributed by atoms with Crippen LogP contribution < -0.4 is 37.9 Å². The molecule has 0 saturated carbocycles. The highest BCUT2D eigenvalue weighted by Gasteiger charge is 2.37. The van der Waals surface area contributed by atoms with Crippen molar-refractivity contribution in [1.29, 1.82) is 0 Å². The van der Waals surface area contributed by atoms with Gasteiger partial charge in [0.05, 0.1) is 74.0 Å². The third-order valence-corrected chi connectivity index (χ3v) is 23.3. The molecule has 3 N–H and O–H groups in total. The van der Waals surface area contributed by atoms with Gasteiger partial charge in [-0.2, -0.15) is 0 Å². The summed E-state index contributed by atoms with van der Waals surface area (Å²) in [6.45, 7) is 16.5. The number of ketones is 1. The maximum absolute atomic E-state index is 13.3. The van der Waals surface area contributed by atoms with Crippen LogP contribution in [0.2, 0.25) is 0 Å². The average molecular weight is 1560 g/mol. The van der Waals surface area contributed by atoms with E-state index in [0.29, 0.717) is 161 Å². The van der Waals surface area contributed by atoms with Gasteiger partial charge in [-0.25, -0.2) is 14.4 Å². The summed E-state index contributed by atoms with van der Waals surface area (Å²) >= 11 is 1.58. The summed E-state index contributed by atoms with van der Waals surface area (Å²) in [6, 6.07) is 12.0. The number of unbranched alkanes of at least 4 members (excludes halogenated alkanes) is 36. The van der Waals surface area contributed by atoms with Crippen LogP contribution in [0, 0.1) is 0 Å². The van der Waals surface area contributed by atoms with Crippen LogP contribution in [0.25, 0.3) is 43.7 Å². The zero-order chi connectivity index (χ0) is 78.4. The first-order valence-electron chi connectivity index (χ1n) is 44.0. The Morgan fingerprint density at radius 3 is 0.712 bits per heavy atom. The molecule has 0 spiro atoms. The molecule has 5 aromatic heterocycles. The third-order valence-electron chi connectivity index (χ3n) is 22.2. The molecule has 20 heteroatoms. The second kappa shape index (κ2) is 48.6. The van der Waals surface area contributed by atoms with E-state index in [2.05, 4.69) is 44.4 Å². The molecule has 10 rings (SSSR count). The van der Waals surface area contributed by atoms with Crippen LogP contribution in [-0.4, -0.2) is 110 Å².